The molecule has 1 N–H and O–H groups in total. The van der Waals surface area contributed by atoms with Gasteiger partial charge in [0.05, 0.1) is 6.54 Å². The highest BCUT2D eigenvalue weighted by molar-refractivity contribution is 5.80. The molecule has 1 aliphatic rings. The van der Waals surface area contributed by atoms with E-state index in [-0.39, 0.29) is 23.9 Å². The third-order valence-electron chi connectivity index (χ3n) is 3.31. The molecule has 4 nitrogen and oxygen atoms in total. The molecule has 1 heterocycles. The van der Waals surface area contributed by atoms with Crippen LogP contribution in [0.5, 0.6) is 5.75 Å². The first-order valence-electron chi connectivity index (χ1n) is 7.01. The van der Waals surface area contributed by atoms with Crippen LogP contribution in [0, 0.1) is 5.82 Å². The van der Waals surface area contributed by atoms with Gasteiger partial charge in [0.1, 0.15) is 12.2 Å². The van der Waals surface area contributed by atoms with Crippen molar-refractivity contribution < 1.29 is 18.7 Å². The maximum atomic E-state index is 13.5. The summed E-state index contributed by atoms with van der Waals surface area (Å²) in [4.78, 5) is 11.8. The standard InChI is InChI=1S/C15H20FNO3/c1-2-11(20-13-7-4-3-6-12(13)16)10-17-15(18)14-8-5-9-19-14/h3-4,6-7,11,14H,2,5,8-10H2,1H3,(H,17,18)/t11-,14-/m0/s1. The van der Waals surface area contributed by atoms with Gasteiger partial charge in [-0.05, 0) is 31.4 Å². The zero-order valence-corrected chi connectivity index (χ0v) is 11.6. The zero-order chi connectivity index (χ0) is 14.4. The molecule has 5 heteroatoms. The molecule has 1 fully saturated rings. The van der Waals surface area contributed by atoms with E-state index in [9.17, 15) is 9.18 Å². The van der Waals surface area contributed by atoms with Gasteiger partial charge in [-0.15, -0.1) is 0 Å². The number of hydrogen-bond donors (Lipinski definition) is 1. The molecule has 0 aromatic heterocycles. The van der Waals surface area contributed by atoms with Gasteiger partial charge >= 0.3 is 0 Å². The first-order chi connectivity index (χ1) is 9.70. The first kappa shape index (κ1) is 14.8. The molecule has 1 saturated heterocycles. The Hall–Kier alpha value is -1.62. The Bertz CT molecular complexity index is 446. The Morgan fingerprint density at radius 1 is 1.55 bits per heavy atom. The lowest BCUT2D eigenvalue weighted by Crippen LogP contribution is -2.40. The summed E-state index contributed by atoms with van der Waals surface area (Å²) in [6.45, 7) is 2.92. The Labute approximate surface area is 118 Å². The summed E-state index contributed by atoms with van der Waals surface area (Å²) in [5.74, 6) is -0.291. The largest absolute Gasteiger partial charge is 0.486 e. The van der Waals surface area contributed by atoms with Crippen molar-refractivity contribution in [3.05, 3.63) is 30.1 Å². The van der Waals surface area contributed by atoms with Crippen molar-refractivity contribution >= 4 is 5.91 Å². The van der Waals surface area contributed by atoms with Gasteiger partial charge in [0, 0.05) is 6.61 Å². The van der Waals surface area contributed by atoms with Gasteiger partial charge in [0.15, 0.2) is 11.6 Å². The summed E-state index contributed by atoms with van der Waals surface area (Å²) in [6.07, 6.45) is 1.76. The van der Waals surface area contributed by atoms with E-state index in [1.165, 1.54) is 6.07 Å². The minimum atomic E-state index is -0.392. The van der Waals surface area contributed by atoms with Crippen LogP contribution in [0.3, 0.4) is 0 Å². The van der Waals surface area contributed by atoms with E-state index >= 15 is 0 Å². The summed E-state index contributed by atoms with van der Waals surface area (Å²) in [5.41, 5.74) is 0. The molecule has 1 aliphatic heterocycles. The highest BCUT2D eigenvalue weighted by atomic mass is 19.1. The second-order valence-electron chi connectivity index (χ2n) is 4.83. The van der Waals surface area contributed by atoms with Crippen molar-refractivity contribution in [2.24, 2.45) is 0 Å². The minimum Gasteiger partial charge on any atom is -0.486 e. The van der Waals surface area contributed by atoms with E-state index in [1.54, 1.807) is 18.2 Å². The normalized spacial score (nSPS) is 19.6. The van der Waals surface area contributed by atoms with E-state index < -0.39 is 5.82 Å². The van der Waals surface area contributed by atoms with Crippen LogP contribution >= 0.6 is 0 Å². The summed E-state index contributed by atoms with van der Waals surface area (Å²) in [6, 6.07) is 6.27. The number of amides is 1. The van der Waals surface area contributed by atoms with Crippen molar-refractivity contribution in [3.63, 3.8) is 0 Å². The maximum absolute atomic E-state index is 13.5. The van der Waals surface area contributed by atoms with Crippen LogP contribution in [0.2, 0.25) is 0 Å². The fraction of sp³-hybridized carbons (Fsp3) is 0.533. The van der Waals surface area contributed by atoms with Crippen LogP contribution < -0.4 is 10.1 Å². The number of nitrogens with one attached hydrogen (secondary N) is 1. The zero-order valence-electron chi connectivity index (χ0n) is 11.6. The molecular formula is C15H20FNO3. The number of carbonyl (C=O) groups excluding carboxylic acids is 1. The minimum absolute atomic E-state index is 0.113. The summed E-state index contributed by atoms with van der Waals surface area (Å²) in [5, 5.41) is 2.80. The smallest absolute Gasteiger partial charge is 0.249 e. The first-order valence-corrected chi connectivity index (χ1v) is 7.01. The van der Waals surface area contributed by atoms with Crippen molar-refractivity contribution in [1.29, 1.82) is 0 Å². The Morgan fingerprint density at radius 3 is 3.00 bits per heavy atom. The Morgan fingerprint density at radius 2 is 2.35 bits per heavy atom. The van der Waals surface area contributed by atoms with E-state index in [0.717, 1.165) is 12.8 Å². The quantitative estimate of drug-likeness (QED) is 0.870. The molecule has 1 amide bonds. The fourth-order valence-corrected chi connectivity index (χ4v) is 2.10. The predicted molar refractivity (Wildman–Crippen MR) is 73.1 cm³/mol. The lowest BCUT2D eigenvalue weighted by atomic mass is 10.2. The molecule has 0 unspecified atom stereocenters. The number of hydrogen-bond acceptors (Lipinski definition) is 3. The van der Waals surface area contributed by atoms with Gasteiger partial charge in [-0.1, -0.05) is 19.1 Å². The second kappa shape index (κ2) is 7.24. The van der Waals surface area contributed by atoms with Crippen LogP contribution in [-0.2, 0) is 9.53 Å². The van der Waals surface area contributed by atoms with Crippen molar-refractivity contribution in [2.75, 3.05) is 13.2 Å². The SMILES string of the molecule is CC[C@@H](CNC(=O)[C@@H]1CCCO1)Oc1ccccc1F. The number of benzene rings is 1. The van der Waals surface area contributed by atoms with Crippen LogP contribution in [0.15, 0.2) is 24.3 Å². The third kappa shape index (κ3) is 3.93. The Kier molecular flexibility index (Phi) is 5.35. The highest BCUT2D eigenvalue weighted by Crippen LogP contribution is 2.18. The van der Waals surface area contributed by atoms with Crippen LogP contribution in [-0.4, -0.2) is 31.3 Å². The average molecular weight is 281 g/mol. The molecule has 0 spiro atoms. The van der Waals surface area contributed by atoms with Crippen molar-refractivity contribution in [1.82, 2.24) is 5.32 Å². The predicted octanol–water partition coefficient (Wildman–Crippen LogP) is 2.28. The van der Waals surface area contributed by atoms with Gasteiger partial charge in [0.2, 0.25) is 5.91 Å². The molecule has 1 aromatic rings. The van der Waals surface area contributed by atoms with Crippen LogP contribution in [0.4, 0.5) is 4.39 Å². The summed E-state index contributed by atoms with van der Waals surface area (Å²) in [7, 11) is 0. The fourth-order valence-electron chi connectivity index (χ4n) is 2.10. The molecule has 110 valence electrons. The monoisotopic (exact) mass is 281 g/mol. The van der Waals surface area contributed by atoms with Gasteiger partial charge in [-0.2, -0.15) is 0 Å². The molecule has 2 atom stereocenters. The molecule has 20 heavy (non-hydrogen) atoms. The van der Waals surface area contributed by atoms with E-state index in [4.69, 9.17) is 9.47 Å². The molecule has 0 bridgehead atoms. The molecular weight excluding hydrogens is 261 g/mol. The highest BCUT2D eigenvalue weighted by Gasteiger charge is 2.24. The summed E-state index contributed by atoms with van der Waals surface area (Å²) < 4.78 is 24.4. The van der Waals surface area contributed by atoms with Gasteiger partial charge < -0.3 is 14.8 Å². The van der Waals surface area contributed by atoms with Crippen molar-refractivity contribution in [2.45, 2.75) is 38.4 Å². The molecule has 1 aromatic carbocycles. The average Bonchev–Trinajstić information content (AvgIpc) is 2.99. The van der Waals surface area contributed by atoms with Crippen LogP contribution in [0.25, 0.3) is 0 Å². The number of para-hydroxylation sites is 1. The van der Waals surface area contributed by atoms with Gasteiger partial charge in [0.25, 0.3) is 0 Å². The molecule has 0 radical (unpaired) electrons. The second-order valence-corrected chi connectivity index (χ2v) is 4.83. The summed E-state index contributed by atoms with van der Waals surface area (Å²) >= 11 is 0. The molecule has 2 rings (SSSR count). The van der Waals surface area contributed by atoms with Crippen LogP contribution in [0.1, 0.15) is 26.2 Å². The Balaban J connectivity index is 1.83. The molecule has 0 saturated carbocycles. The number of halogens is 1. The number of ether oxygens (including phenoxy) is 2. The lowest BCUT2D eigenvalue weighted by molar-refractivity contribution is -0.130. The number of rotatable bonds is 6. The topological polar surface area (TPSA) is 47.6 Å². The van der Waals surface area contributed by atoms with Crippen molar-refractivity contribution in [3.8, 4) is 5.75 Å². The third-order valence-corrected chi connectivity index (χ3v) is 3.31. The van der Waals surface area contributed by atoms with E-state index in [0.29, 0.717) is 19.6 Å². The maximum Gasteiger partial charge on any atom is 0.249 e. The van der Waals surface area contributed by atoms with E-state index in [2.05, 4.69) is 5.32 Å². The lowest BCUT2D eigenvalue weighted by Gasteiger charge is -2.19. The van der Waals surface area contributed by atoms with Gasteiger partial charge in [-0.25, -0.2) is 4.39 Å². The number of carbonyl (C=O) groups is 1. The molecule has 0 aliphatic carbocycles. The van der Waals surface area contributed by atoms with Gasteiger partial charge in [-0.3, -0.25) is 4.79 Å². The van der Waals surface area contributed by atoms with E-state index in [1.807, 2.05) is 6.92 Å².